The van der Waals surface area contributed by atoms with Crippen LogP contribution in [0.3, 0.4) is 0 Å². The predicted molar refractivity (Wildman–Crippen MR) is 115 cm³/mol. The molecule has 2 amide bonds. The van der Waals surface area contributed by atoms with Crippen LogP contribution in [-0.4, -0.2) is 33.7 Å². The van der Waals surface area contributed by atoms with E-state index in [9.17, 15) is 9.59 Å². The maximum atomic E-state index is 12.3. The van der Waals surface area contributed by atoms with Crippen molar-refractivity contribution in [1.82, 2.24) is 20.7 Å². The second-order valence-corrected chi connectivity index (χ2v) is 8.14. The largest absolute Gasteiger partial charge is 0.361 e. The number of benzene rings is 1. The zero-order valence-electron chi connectivity index (χ0n) is 17.3. The monoisotopic (exact) mass is 427 g/mol. The fraction of sp³-hybridized carbons (Fsp3) is 0.381. The lowest BCUT2D eigenvalue weighted by Crippen LogP contribution is -2.25. The summed E-state index contributed by atoms with van der Waals surface area (Å²) in [6.07, 6.45) is 2.34. The molecule has 2 aromatic heterocycles. The van der Waals surface area contributed by atoms with E-state index in [1.807, 2.05) is 45.0 Å². The number of aryl methyl sites for hydroxylation is 4. The summed E-state index contributed by atoms with van der Waals surface area (Å²) in [5, 5.41) is 18.7. The highest BCUT2D eigenvalue weighted by Gasteiger charge is 2.14. The third-order valence-corrected chi connectivity index (χ3v) is 5.63. The van der Waals surface area contributed by atoms with Gasteiger partial charge in [0, 0.05) is 30.6 Å². The first-order valence-corrected chi connectivity index (χ1v) is 10.6. The van der Waals surface area contributed by atoms with Gasteiger partial charge in [-0.25, -0.2) is 0 Å². The molecular weight excluding hydrogens is 402 g/mol. The van der Waals surface area contributed by atoms with Crippen molar-refractivity contribution in [2.24, 2.45) is 0 Å². The van der Waals surface area contributed by atoms with Crippen molar-refractivity contribution in [1.29, 1.82) is 0 Å². The van der Waals surface area contributed by atoms with Gasteiger partial charge >= 0.3 is 0 Å². The molecule has 3 rings (SSSR count). The van der Waals surface area contributed by atoms with Crippen LogP contribution in [0.25, 0.3) is 0 Å². The minimum absolute atomic E-state index is 0.0105. The molecule has 0 spiro atoms. The first-order chi connectivity index (χ1) is 14.4. The number of hydrogen-bond acceptors (Lipinski definition) is 7. The van der Waals surface area contributed by atoms with Crippen LogP contribution in [0, 0.1) is 20.8 Å². The summed E-state index contributed by atoms with van der Waals surface area (Å²) in [5.41, 5.74) is 3.75. The molecule has 0 aliphatic carbocycles. The van der Waals surface area contributed by atoms with Crippen LogP contribution < -0.4 is 10.6 Å². The van der Waals surface area contributed by atoms with Crippen LogP contribution in [0.5, 0.6) is 0 Å². The van der Waals surface area contributed by atoms with Gasteiger partial charge in [-0.15, -0.1) is 10.2 Å². The molecule has 9 heteroatoms. The number of amides is 2. The molecule has 1 aromatic carbocycles. The van der Waals surface area contributed by atoms with E-state index in [0.717, 1.165) is 33.3 Å². The highest BCUT2D eigenvalue weighted by atomic mass is 32.1. The summed E-state index contributed by atoms with van der Waals surface area (Å²) in [5.74, 6) is 0.503. The zero-order chi connectivity index (χ0) is 21.5. The van der Waals surface area contributed by atoms with Crippen molar-refractivity contribution in [3.8, 4) is 0 Å². The maximum absolute atomic E-state index is 12.3. The minimum Gasteiger partial charge on any atom is -0.361 e. The lowest BCUT2D eigenvalue weighted by molar-refractivity contribution is -0.121. The quantitative estimate of drug-likeness (QED) is 0.542. The molecule has 30 heavy (non-hydrogen) atoms. The number of nitrogens with one attached hydrogen (secondary N) is 2. The van der Waals surface area contributed by atoms with E-state index in [1.54, 1.807) is 0 Å². The Balaban J connectivity index is 1.38. The molecule has 0 radical (unpaired) electrons. The molecule has 0 unspecified atom stereocenters. The fourth-order valence-electron chi connectivity index (χ4n) is 2.94. The first-order valence-electron chi connectivity index (χ1n) is 9.81. The number of carbonyl (C=O) groups excluding carboxylic acids is 2. The normalized spacial score (nSPS) is 10.8. The number of anilines is 1. The molecule has 0 bridgehead atoms. The van der Waals surface area contributed by atoms with E-state index >= 15 is 0 Å². The van der Waals surface area contributed by atoms with Crippen LogP contribution in [0.1, 0.15) is 50.2 Å². The Labute approximate surface area is 179 Å². The molecule has 0 aliphatic heterocycles. The number of nitrogens with zero attached hydrogens (tertiary/aromatic N) is 3. The van der Waals surface area contributed by atoms with Crippen molar-refractivity contribution in [2.45, 2.75) is 46.5 Å². The Morgan fingerprint density at radius 3 is 2.53 bits per heavy atom. The Bertz CT molecular complexity index is 991. The van der Waals surface area contributed by atoms with E-state index in [-0.39, 0.29) is 11.8 Å². The van der Waals surface area contributed by atoms with Crippen LogP contribution in [0.2, 0.25) is 0 Å². The van der Waals surface area contributed by atoms with E-state index in [1.165, 1.54) is 11.3 Å². The van der Waals surface area contributed by atoms with Gasteiger partial charge in [-0.1, -0.05) is 34.2 Å². The molecule has 0 aliphatic rings. The summed E-state index contributed by atoms with van der Waals surface area (Å²) >= 11 is 1.25. The lowest BCUT2D eigenvalue weighted by atomic mass is 10.1. The topological polar surface area (TPSA) is 110 Å². The van der Waals surface area contributed by atoms with Gasteiger partial charge in [0.05, 0.1) is 5.69 Å². The predicted octanol–water partition coefficient (Wildman–Crippen LogP) is 3.39. The molecule has 2 N–H and O–H groups in total. The molecule has 8 nitrogen and oxygen atoms in total. The molecule has 3 aromatic rings. The second kappa shape index (κ2) is 10.1. The summed E-state index contributed by atoms with van der Waals surface area (Å²) in [7, 11) is 0. The van der Waals surface area contributed by atoms with E-state index in [4.69, 9.17) is 4.52 Å². The van der Waals surface area contributed by atoms with Gasteiger partial charge in [-0.05, 0) is 45.7 Å². The van der Waals surface area contributed by atoms with Gasteiger partial charge in [0.2, 0.25) is 10.9 Å². The van der Waals surface area contributed by atoms with E-state index in [0.29, 0.717) is 37.2 Å². The van der Waals surface area contributed by atoms with Crippen LogP contribution in [-0.2, 0) is 17.6 Å². The van der Waals surface area contributed by atoms with Crippen molar-refractivity contribution in [3.63, 3.8) is 0 Å². The van der Waals surface area contributed by atoms with Crippen molar-refractivity contribution in [2.75, 3.05) is 11.9 Å². The van der Waals surface area contributed by atoms with Crippen molar-refractivity contribution in [3.05, 3.63) is 56.9 Å². The van der Waals surface area contributed by atoms with Crippen LogP contribution in [0.4, 0.5) is 5.69 Å². The number of carbonyl (C=O) groups is 2. The smallest absolute Gasteiger partial charge is 0.286 e. The standard InChI is InChI=1S/C21H25N5O3S/c1-13-7-9-16(10-8-13)23-20(28)21-25-24-19(30-21)6-4-5-18(27)22-12-11-17-14(2)26-29-15(17)3/h7-10H,4-6,11-12H2,1-3H3,(H,22,27)(H,23,28). The SMILES string of the molecule is Cc1ccc(NC(=O)c2nnc(CCCC(=O)NCCc3c(C)noc3C)s2)cc1. The van der Waals surface area contributed by atoms with Crippen LogP contribution in [0.15, 0.2) is 28.8 Å². The number of hydrogen-bond donors (Lipinski definition) is 2. The molecular formula is C21H25N5O3S. The minimum atomic E-state index is -0.278. The summed E-state index contributed by atoms with van der Waals surface area (Å²) in [6, 6.07) is 7.56. The van der Waals surface area contributed by atoms with Crippen molar-refractivity contribution < 1.29 is 14.1 Å². The molecule has 158 valence electrons. The third kappa shape index (κ3) is 5.96. The summed E-state index contributed by atoms with van der Waals surface area (Å²) in [4.78, 5) is 24.3. The zero-order valence-corrected chi connectivity index (χ0v) is 18.1. The van der Waals surface area contributed by atoms with Gasteiger partial charge in [0.1, 0.15) is 10.8 Å². The molecule has 2 heterocycles. The van der Waals surface area contributed by atoms with E-state index < -0.39 is 0 Å². The molecule has 0 fully saturated rings. The highest BCUT2D eigenvalue weighted by molar-refractivity contribution is 7.13. The summed E-state index contributed by atoms with van der Waals surface area (Å²) < 4.78 is 5.12. The Morgan fingerprint density at radius 1 is 1.07 bits per heavy atom. The fourth-order valence-corrected chi connectivity index (χ4v) is 3.72. The average Bonchev–Trinajstić information content (AvgIpc) is 3.31. The Morgan fingerprint density at radius 2 is 1.83 bits per heavy atom. The highest BCUT2D eigenvalue weighted by Crippen LogP contribution is 2.16. The van der Waals surface area contributed by atoms with Gasteiger partial charge < -0.3 is 15.2 Å². The molecule has 0 saturated heterocycles. The second-order valence-electron chi connectivity index (χ2n) is 7.08. The first kappa shape index (κ1) is 21.6. The maximum Gasteiger partial charge on any atom is 0.286 e. The summed E-state index contributed by atoms with van der Waals surface area (Å²) in [6.45, 7) is 6.30. The number of rotatable bonds is 9. The Hall–Kier alpha value is -3.07. The van der Waals surface area contributed by atoms with E-state index in [2.05, 4.69) is 26.0 Å². The third-order valence-electron chi connectivity index (χ3n) is 4.64. The lowest BCUT2D eigenvalue weighted by Gasteiger charge is -2.04. The molecule has 0 saturated carbocycles. The van der Waals surface area contributed by atoms with Gasteiger partial charge in [0.25, 0.3) is 5.91 Å². The average molecular weight is 428 g/mol. The van der Waals surface area contributed by atoms with Crippen LogP contribution >= 0.6 is 11.3 Å². The van der Waals surface area contributed by atoms with Gasteiger partial charge in [0.15, 0.2) is 0 Å². The molecule has 0 atom stereocenters. The van der Waals surface area contributed by atoms with Gasteiger partial charge in [-0.2, -0.15) is 0 Å². The number of aromatic nitrogens is 3. The Kier molecular flexibility index (Phi) is 7.29. The van der Waals surface area contributed by atoms with Crippen molar-refractivity contribution >= 4 is 28.8 Å². The van der Waals surface area contributed by atoms with Gasteiger partial charge in [-0.3, -0.25) is 9.59 Å².